The van der Waals surface area contributed by atoms with E-state index in [1.807, 2.05) is 39.4 Å². The van der Waals surface area contributed by atoms with E-state index in [2.05, 4.69) is 34.7 Å². The summed E-state index contributed by atoms with van der Waals surface area (Å²) in [5, 5.41) is 6.35. The van der Waals surface area contributed by atoms with Gasteiger partial charge in [0.05, 0.1) is 11.9 Å². The van der Waals surface area contributed by atoms with Crippen molar-refractivity contribution in [3.05, 3.63) is 41.9 Å². The molecule has 17 heavy (non-hydrogen) atoms. The normalized spacial score (nSPS) is 11.9. The number of nitrogens with one attached hydrogen (secondary N) is 2. The molecule has 1 aromatic heterocycles. The molecule has 0 amide bonds. The third kappa shape index (κ3) is 3.63. The predicted octanol–water partition coefficient (Wildman–Crippen LogP) is 2.96. The second kappa shape index (κ2) is 6.74. The molecule has 3 heteroatoms. The number of allylic oxidation sites excluding steroid dienone is 3. The zero-order valence-electron chi connectivity index (χ0n) is 11.0. The van der Waals surface area contributed by atoms with Gasteiger partial charge in [-0.15, -0.1) is 0 Å². The second-order valence-electron chi connectivity index (χ2n) is 3.76. The molecule has 0 atom stereocenters. The van der Waals surface area contributed by atoms with Crippen molar-refractivity contribution in [2.24, 2.45) is 0 Å². The van der Waals surface area contributed by atoms with Crippen LogP contribution in [0.4, 0.5) is 5.69 Å². The summed E-state index contributed by atoms with van der Waals surface area (Å²) in [5.74, 6) is 0. The van der Waals surface area contributed by atoms with E-state index in [0.717, 1.165) is 29.1 Å². The summed E-state index contributed by atoms with van der Waals surface area (Å²) < 4.78 is 0. The largest absolute Gasteiger partial charge is 0.391 e. The van der Waals surface area contributed by atoms with Crippen LogP contribution < -0.4 is 10.6 Å². The Morgan fingerprint density at radius 3 is 2.82 bits per heavy atom. The number of aryl methyl sites for hydroxylation is 1. The van der Waals surface area contributed by atoms with E-state index in [0.29, 0.717) is 0 Å². The maximum atomic E-state index is 4.40. The van der Waals surface area contributed by atoms with Crippen molar-refractivity contribution in [3.63, 3.8) is 0 Å². The standard InChI is InChI=1S/C14H21N3/c1-5-7-12(9-16-6-2)14-8-13(15-4)10-17-11(14)3/h5,7-10,15-16H,6H2,1-4H3/b7-5-,12-9+. The van der Waals surface area contributed by atoms with Crippen LogP contribution in [-0.2, 0) is 0 Å². The molecule has 92 valence electrons. The quantitative estimate of drug-likeness (QED) is 0.765. The lowest BCUT2D eigenvalue weighted by molar-refractivity contribution is 0.921. The van der Waals surface area contributed by atoms with Gasteiger partial charge in [0.25, 0.3) is 0 Å². The van der Waals surface area contributed by atoms with Crippen LogP contribution >= 0.6 is 0 Å². The number of pyridine rings is 1. The summed E-state index contributed by atoms with van der Waals surface area (Å²) in [4.78, 5) is 4.40. The molecule has 0 aliphatic carbocycles. The molecule has 1 heterocycles. The Hall–Kier alpha value is -1.77. The Balaban J connectivity index is 3.17. The average molecular weight is 231 g/mol. The highest BCUT2D eigenvalue weighted by Crippen LogP contribution is 2.21. The monoisotopic (exact) mass is 231 g/mol. The van der Waals surface area contributed by atoms with E-state index in [9.17, 15) is 0 Å². The zero-order chi connectivity index (χ0) is 12.7. The third-order valence-corrected chi connectivity index (χ3v) is 2.49. The summed E-state index contributed by atoms with van der Waals surface area (Å²) in [7, 11) is 1.90. The van der Waals surface area contributed by atoms with Crippen LogP contribution in [0.25, 0.3) is 5.57 Å². The predicted molar refractivity (Wildman–Crippen MR) is 75.0 cm³/mol. The van der Waals surface area contributed by atoms with Crippen molar-refractivity contribution in [1.82, 2.24) is 10.3 Å². The third-order valence-electron chi connectivity index (χ3n) is 2.49. The van der Waals surface area contributed by atoms with Crippen molar-refractivity contribution >= 4 is 11.3 Å². The SMILES string of the molecule is C/C=C\C(=C/NCC)c1cc(NC)cnc1C. The van der Waals surface area contributed by atoms with Crippen molar-refractivity contribution in [1.29, 1.82) is 0 Å². The van der Waals surface area contributed by atoms with Gasteiger partial charge < -0.3 is 10.6 Å². The Labute approximate surface area is 104 Å². The molecule has 0 aromatic carbocycles. The van der Waals surface area contributed by atoms with E-state index in [4.69, 9.17) is 0 Å². The molecule has 1 aromatic rings. The highest BCUT2D eigenvalue weighted by atomic mass is 14.8. The highest BCUT2D eigenvalue weighted by Gasteiger charge is 2.04. The van der Waals surface area contributed by atoms with Gasteiger partial charge in [-0.25, -0.2) is 0 Å². The van der Waals surface area contributed by atoms with Gasteiger partial charge in [0.15, 0.2) is 0 Å². The van der Waals surface area contributed by atoms with Gasteiger partial charge in [-0.05, 0) is 32.4 Å². The van der Waals surface area contributed by atoms with Gasteiger partial charge in [0, 0.05) is 31.0 Å². The molecule has 0 saturated carbocycles. The van der Waals surface area contributed by atoms with Gasteiger partial charge >= 0.3 is 0 Å². The van der Waals surface area contributed by atoms with Crippen LogP contribution in [0.3, 0.4) is 0 Å². The topological polar surface area (TPSA) is 37.0 Å². The Morgan fingerprint density at radius 2 is 2.24 bits per heavy atom. The molecular formula is C14H21N3. The van der Waals surface area contributed by atoms with E-state index in [-0.39, 0.29) is 0 Å². The van der Waals surface area contributed by atoms with E-state index >= 15 is 0 Å². The molecule has 0 aliphatic rings. The van der Waals surface area contributed by atoms with Crippen LogP contribution in [0.1, 0.15) is 25.1 Å². The van der Waals surface area contributed by atoms with Crippen LogP contribution in [0, 0.1) is 6.92 Å². The first-order valence-corrected chi connectivity index (χ1v) is 5.94. The molecule has 2 N–H and O–H groups in total. The zero-order valence-corrected chi connectivity index (χ0v) is 11.0. The summed E-state index contributed by atoms with van der Waals surface area (Å²) in [6.07, 6.45) is 8.00. The lowest BCUT2D eigenvalue weighted by Gasteiger charge is -2.09. The van der Waals surface area contributed by atoms with Crippen molar-refractivity contribution in [2.45, 2.75) is 20.8 Å². The fraction of sp³-hybridized carbons (Fsp3) is 0.357. The van der Waals surface area contributed by atoms with Crippen molar-refractivity contribution in [3.8, 4) is 0 Å². The molecule has 0 aliphatic heterocycles. The van der Waals surface area contributed by atoms with Gasteiger partial charge in [-0.1, -0.05) is 12.2 Å². The van der Waals surface area contributed by atoms with E-state index in [1.54, 1.807) is 0 Å². The number of hydrogen-bond acceptors (Lipinski definition) is 3. The van der Waals surface area contributed by atoms with Crippen molar-refractivity contribution < 1.29 is 0 Å². The lowest BCUT2D eigenvalue weighted by atomic mass is 10.0. The second-order valence-corrected chi connectivity index (χ2v) is 3.76. The maximum Gasteiger partial charge on any atom is 0.0530 e. The first kappa shape index (κ1) is 13.3. The summed E-state index contributed by atoms with van der Waals surface area (Å²) in [6, 6.07) is 2.12. The molecule has 0 radical (unpaired) electrons. The van der Waals surface area contributed by atoms with E-state index < -0.39 is 0 Å². The fourth-order valence-corrected chi connectivity index (χ4v) is 1.57. The summed E-state index contributed by atoms with van der Waals surface area (Å²) in [6.45, 7) is 7.04. The number of nitrogens with zero attached hydrogens (tertiary/aromatic N) is 1. The molecule has 1 rings (SSSR count). The van der Waals surface area contributed by atoms with Gasteiger partial charge in [0.2, 0.25) is 0 Å². The fourth-order valence-electron chi connectivity index (χ4n) is 1.57. The van der Waals surface area contributed by atoms with Gasteiger partial charge in [-0.3, -0.25) is 4.98 Å². The minimum Gasteiger partial charge on any atom is -0.391 e. The molecule has 0 spiro atoms. The highest BCUT2D eigenvalue weighted by molar-refractivity contribution is 5.76. The minimum atomic E-state index is 0.916. The van der Waals surface area contributed by atoms with Crippen LogP contribution in [0.15, 0.2) is 30.6 Å². The molecule has 0 bridgehead atoms. The number of anilines is 1. The first-order chi connectivity index (χ1) is 8.22. The Morgan fingerprint density at radius 1 is 1.47 bits per heavy atom. The number of aromatic nitrogens is 1. The maximum absolute atomic E-state index is 4.40. The number of hydrogen-bond donors (Lipinski definition) is 2. The minimum absolute atomic E-state index is 0.916. The summed E-state index contributed by atoms with van der Waals surface area (Å²) >= 11 is 0. The molecule has 3 nitrogen and oxygen atoms in total. The molecule has 0 unspecified atom stereocenters. The lowest BCUT2D eigenvalue weighted by Crippen LogP contribution is -2.04. The van der Waals surface area contributed by atoms with Crippen LogP contribution in [0.5, 0.6) is 0 Å². The Bertz CT molecular complexity index is 419. The Kier molecular flexibility index (Phi) is 5.27. The molecular weight excluding hydrogens is 210 g/mol. The van der Waals surface area contributed by atoms with Gasteiger partial charge in [-0.2, -0.15) is 0 Å². The van der Waals surface area contributed by atoms with Crippen LogP contribution in [-0.4, -0.2) is 18.6 Å². The van der Waals surface area contributed by atoms with Crippen LogP contribution in [0.2, 0.25) is 0 Å². The average Bonchev–Trinajstić information content (AvgIpc) is 2.35. The molecule has 0 saturated heterocycles. The van der Waals surface area contributed by atoms with E-state index in [1.165, 1.54) is 0 Å². The van der Waals surface area contributed by atoms with Crippen molar-refractivity contribution in [2.75, 3.05) is 18.9 Å². The van der Waals surface area contributed by atoms with Gasteiger partial charge in [0.1, 0.15) is 0 Å². The summed E-state index contributed by atoms with van der Waals surface area (Å²) in [5.41, 5.74) is 4.36. The molecule has 0 fully saturated rings. The first-order valence-electron chi connectivity index (χ1n) is 5.94. The smallest absolute Gasteiger partial charge is 0.0530 e. The number of rotatable bonds is 5.